The van der Waals surface area contributed by atoms with Crippen LogP contribution in [0.1, 0.15) is 42.3 Å². The van der Waals surface area contributed by atoms with Gasteiger partial charge in [0.25, 0.3) is 0 Å². The van der Waals surface area contributed by atoms with Gasteiger partial charge in [-0.3, -0.25) is 14.2 Å². The number of carbonyl (C=O) groups excluding carboxylic acids is 1. The largest absolute Gasteiger partial charge is 0.356 e. The summed E-state index contributed by atoms with van der Waals surface area (Å²) in [6.07, 6.45) is 6.48. The molecule has 142 valence electrons. The average molecular weight is 368 g/mol. The zero-order chi connectivity index (χ0) is 18.8. The molecule has 1 fully saturated rings. The van der Waals surface area contributed by atoms with Crippen molar-refractivity contribution in [1.82, 2.24) is 30.0 Å². The zero-order valence-electron chi connectivity index (χ0n) is 15.7. The maximum Gasteiger partial charge on any atom is 0.221 e. The fourth-order valence-corrected chi connectivity index (χ4v) is 3.23. The topological polar surface area (TPSA) is 90.8 Å². The lowest BCUT2D eigenvalue weighted by molar-refractivity contribution is -0.121. The standard InChI is InChI=1S/C19H24N6O2/c1-13-5-8-24(22-13)9-6-18(26)20-7-10-25-19(15-3-4-15)16(12-21-25)17-11-14(2)23-27-17/h5,8,11-12,15H,3-4,6-7,9-10H2,1-2H3,(H,20,26). The summed E-state index contributed by atoms with van der Waals surface area (Å²) in [4.78, 5) is 12.1. The first kappa shape index (κ1) is 17.5. The maximum atomic E-state index is 12.1. The molecule has 0 saturated heterocycles. The lowest BCUT2D eigenvalue weighted by Gasteiger charge is -2.09. The van der Waals surface area contributed by atoms with Crippen molar-refractivity contribution < 1.29 is 9.32 Å². The number of nitrogens with zero attached hydrogens (tertiary/aromatic N) is 5. The molecule has 4 rings (SSSR count). The monoisotopic (exact) mass is 368 g/mol. The normalized spacial score (nSPS) is 13.9. The van der Waals surface area contributed by atoms with Gasteiger partial charge in [-0.1, -0.05) is 5.16 Å². The van der Waals surface area contributed by atoms with Crippen LogP contribution < -0.4 is 5.32 Å². The zero-order valence-corrected chi connectivity index (χ0v) is 15.7. The third kappa shape index (κ3) is 4.10. The van der Waals surface area contributed by atoms with Crippen molar-refractivity contribution in [2.45, 2.75) is 52.1 Å². The fraction of sp³-hybridized carbons (Fsp3) is 0.474. The number of aryl methyl sites for hydroxylation is 3. The molecule has 1 aliphatic rings. The first-order chi connectivity index (χ1) is 13.1. The number of hydrogen-bond acceptors (Lipinski definition) is 5. The van der Waals surface area contributed by atoms with Crippen LogP contribution >= 0.6 is 0 Å². The number of hydrogen-bond donors (Lipinski definition) is 1. The molecule has 0 spiro atoms. The lowest BCUT2D eigenvalue weighted by Crippen LogP contribution is -2.28. The minimum atomic E-state index is 0.0226. The van der Waals surface area contributed by atoms with Crippen molar-refractivity contribution in [3.8, 4) is 11.3 Å². The van der Waals surface area contributed by atoms with Crippen molar-refractivity contribution in [2.24, 2.45) is 0 Å². The van der Waals surface area contributed by atoms with E-state index in [2.05, 4.69) is 20.7 Å². The number of nitrogens with one attached hydrogen (secondary N) is 1. The van der Waals surface area contributed by atoms with Crippen LogP contribution in [-0.2, 0) is 17.9 Å². The summed E-state index contributed by atoms with van der Waals surface area (Å²) in [6.45, 7) is 5.63. The van der Waals surface area contributed by atoms with Crippen molar-refractivity contribution in [2.75, 3.05) is 6.54 Å². The van der Waals surface area contributed by atoms with Crippen LogP contribution in [0.15, 0.2) is 29.0 Å². The summed E-state index contributed by atoms with van der Waals surface area (Å²) in [6, 6.07) is 3.87. The Hall–Kier alpha value is -2.90. The maximum absolute atomic E-state index is 12.1. The Kier molecular flexibility index (Phi) is 4.79. The predicted octanol–water partition coefficient (Wildman–Crippen LogP) is 2.44. The molecular weight excluding hydrogens is 344 g/mol. The molecule has 1 aliphatic carbocycles. The molecule has 0 aromatic carbocycles. The molecular formula is C19H24N6O2. The van der Waals surface area contributed by atoms with Crippen molar-refractivity contribution in [1.29, 1.82) is 0 Å². The highest BCUT2D eigenvalue weighted by Crippen LogP contribution is 2.44. The SMILES string of the molecule is Cc1cc(-c2cnn(CCNC(=O)CCn3ccc(C)n3)c2C2CC2)on1. The van der Waals surface area contributed by atoms with Crippen LogP contribution in [-0.4, -0.2) is 37.2 Å². The molecule has 3 aromatic rings. The number of rotatable bonds is 8. The third-order valence-electron chi connectivity index (χ3n) is 4.73. The molecule has 0 atom stereocenters. The van der Waals surface area contributed by atoms with Gasteiger partial charge in [-0.05, 0) is 32.8 Å². The summed E-state index contributed by atoms with van der Waals surface area (Å²) in [5.41, 5.74) is 4.02. The minimum Gasteiger partial charge on any atom is -0.356 e. The molecule has 8 nitrogen and oxygen atoms in total. The minimum absolute atomic E-state index is 0.0226. The van der Waals surface area contributed by atoms with Crippen molar-refractivity contribution >= 4 is 5.91 Å². The Labute approximate surface area is 157 Å². The smallest absolute Gasteiger partial charge is 0.221 e. The molecule has 27 heavy (non-hydrogen) atoms. The van der Waals surface area contributed by atoms with E-state index in [9.17, 15) is 4.79 Å². The van der Waals surface area contributed by atoms with E-state index in [0.29, 0.717) is 32.0 Å². The van der Waals surface area contributed by atoms with Crippen molar-refractivity contribution in [3.05, 3.63) is 41.6 Å². The molecule has 3 heterocycles. The van der Waals surface area contributed by atoms with Crippen LogP contribution in [0, 0.1) is 13.8 Å². The van der Waals surface area contributed by atoms with Gasteiger partial charge < -0.3 is 9.84 Å². The molecule has 8 heteroatoms. The Morgan fingerprint density at radius 1 is 1.30 bits per heavy atom. The second-order valence-corrected chi connectivity index (χ2v) is 7.09. The van der Waals surface area contributed by atoms with E-state index in [1.807, 2.05) is 43.1 Å². The van der Waals surface area contributed by atoms with Gasteiger partial charge in [-0.2, -0.15) is 10.2 Å². The molecule has 1 N–H and O–H groups in total. The number of aromatic nitrogens is 5. The molecule has 0 bridgehead atoms. The second-order valence-electron chi connectivity index (χ2n) is 7.09. The first-order valence-electron chi connectivity index (χ1n) is 9.36. The van der Waals surface area contributed by atoms with Crippen molar-refractivity contribution in [3.63, 3.8) is 0 Å². The van der Waals surface area contributed by atoms with Gasteiger partial charge in [0.1, 0.15) is 0 Å². The molecule has 1 saturated carbocycles. The lowest BCUT2D eigenvalue weighted by atomic mass is 10.1. The Balaban J connectivity index is 1.33. The summed E-state index contributed by atoms with van der Waals surface area (Å²) < 4.78 is 9.20. The summed E-state index contributed by atoms with van der Waals surface area (Å²) in [7, 11) is 0. The third-order valence-corrected chi connectivity index (χ3v) is 4.73. The highest BCUT2D eigenvalue weighted by molar-refractivity contribution is 5.75. The van der Waals surface area contributed by atoms with Gasteiger partial charge in [-0.15, -0.1) is 0 Å². The highest BCUT2D eigenvalue weighted by atomic mass is 16.5. The van der Waals surface area contributed by atoms with E-state index in [-0.39, 0.29) is 5.91 Å². The van der Waals surface area contributed by atoms with Crippen LogP contribution in [0.4, 0.5) is 0 Å². The van der Waals surface area contributed by atoms with Crippen LogP contribution in [0.5, 0.6) is 0 Å². The average Bonchev–Trinajstić information content (AvgIpc) is 3.03. The van der Waals surface area contributed by atoms with Gasteiger partial charge >= 0.3 is 0 Å². The number of carbonyl (C=O) groups is 1. The Morgan fingerprint density at radius 3 is 2.81 bits per heavy atom. The van der Waals surface area contributed by atoms with E-state index in [1.165, 1.54) is 18.5 Å². The van der Waals surface area contributed by atoms with Crippen LogP contribution in [0.3, 0.4) is 0 Å². The summed E-state index contributed by atoms with van der Waals surface area (Å²) >= 11 is 0. The molecule has 1 amide bonds. The van der Waals surface area contributed by atoms with Gasteiger partial charge in [0.15, 0.2) is 5.76 Å². The van der Waals surface area contributed by atoms with E-state index < -0.39 is 0 Å². The first-order valence-corrected chi connectivity index (χ1v) is 9.36. The van der Waals surface area contributed by atoms with Gasteiger partial charge in [0.2, 0.25) is 5.91 Å². The molecule has 3 aromatic heterocycles. The Bertz CT molecular complexity index is 934. The fourth-order valence-electron chi connectivity index (χ4n) is 3.23. The Morgan fingerprint density at radius 2 is 2.15 bits per heavy atom. The van der Waals surface area contributed by atoms with Gasteiger partial charge in [0.05, 0.1) is 35.4 Å². The predicted molar refractivity (Wildman–Crippen MR) is 99.0 cm³/mol. The van der Waals surface area contributed by atoms with E-state index >= 15 is 0 Å². The second kappa shape index (κ2) is 7.38. The van der Waals surface area contributed by atoms with Crippen LogP contribution in [0.25, 0.3) is 11.3 Å². The summed E-state index contributed by atoms with van der Waals surface area (Å²) in [5.74, 6) is 1.31. The van der Waals surface area contributed by atoms with Gasteiger partial charge in [0, 0.05) is 37.7 Å². The van der Waals surface area contributed by atoms with E-state index in [0.717, 1.165) is 22.7 Å². The highest BCUT2D eigenvalue weighted by Gasteiger charge is 2.31. The number of amides is 1. The van der Waals surface area contributed by atoms with E-state index in [4.69, 9.17) is 4.52 Å². The molecule has 0 unspecified atom stereocenters. The molecule has 0 radical (unpaired) electrons. The quantitative estimate of drug-likeness (QED) is 0.659. The van der Waals surface area contributed by atoms with E-state index in [1.54, 1.807) is 4.68 Å². The summed E-state index contributed by atoms with van der Waals surface area (Å²) in [5, 5.41) is 15.8. The van der Waals surface area contributed by atoms with Crippen LogP contribution in [0.2, 0.25) is 0 Å². The molecule has 0 aliphatic heterocycles. The van der Waals surface area contributed by atoms with Gasteiger partial charge in [-0.25, -0.2) is 0 Å².